The van der Waals surface area contributed by atoms with Crippen LogP contribution in [0.5, 0.6) is 0 Å². The van der Waals surface area contributed by atoms with Crippen molar-refractivity contribution in [3.63, 3.8) is 0 Å². The quantitative estimate of drug-likeness (QED) is 0.588. The molecule has 0 aromatic heterocycles. The van der Waals surface area contributed by atoms with Crippen LogP contribution < -0.4 is 10.6 Å². The summed E-state index contributed by atoms with van der Waals surface area (Å²) in [7, 11) is 0. The highest BCUT2D eigenvalue weighted by molar-refractivity contribution is 4.96. The van der Waals surface area contributed by atoms with E-state index in [1.807, 2.05) is 0 Å². The third-order valence-corrected chi connectivity index (χ3v) is 2.42. The molecule has 0 aromatic rings. The standard InChI is InChI=1S/C10H22N2O/c1-9(2,3)12-10(8-13)5-4-6-11-7-10/h11-13H,4-8H2,1-3H3. The van der Waals surface area contributed by atoms with Crippen LogP contribution >= 0.6 is 0 Å². The Labute approximate surface area is 80.9 Å². The molecular formula is C10H22N2O. The molecule has 0 bridgehead atoms. The van der Waals surface area contributed by atoms with Crippen molar-refractivity contribution in [2.24, 2.45) is 0 Å². The van der Waals surface area contributed by atoms with Gasteiger partial charge in [0, 0.05) is 12.1 Å². The highest BCUT2D eigenvalue weighted by Gasteiger charge is 2.34. The van der Waals surface area contributed by atoms with Gasteiger partial charge in [0.1, 0.15) is 0 Å². The topological polar surface area (TPSA) is 44.3 Å². The Morgan fingerprint density at radius 2 is 2.15 bits per heavy atom. The lowest BCUT2D eigenvalue weighted by molar-refractivity contribution is 0.105. The zero-order chi connectivity index (χ0) is 9.95. The third-order valence-electron chi connectivity index (χ3n) is 2.42. The maximum Gasteiger partial charge on any atom is 0.0625 e. The smallest absolute Gasteiger partial charge is 0.0625 e. The van der Waals surface area contributed by atoms with Gasteiger partial charge in [0.2, 0.25) is 0 Å². The molecule has 0 saturated carbocycles. The molecule has 0 radical (unpaired) electrons. The second kappa shape index (κ2) is 3.95. The fourth-order valence-corrected chi connectivity index (χ4v) is 2.04. The van der Waals surface area contributed by atoms with E-state index in [0.29, 0.717) is 0 Å². The minimum atomic E-state index is -0.101. The fraction of sp³-hybridized carbons (Fsp3) is 1.00. The van der Waals surface area contributed by atoms with Gasteiger partial charge in [-0.15, -0.1) is 0 Å². The molecule has 1 fully saturated rings. The number of aliphatic hydroxyl groups excluding tert-OH is 1. The first kappa shape index (κ1) is 11.0. The molecule has 1 saturated heterocycles. The van der Waals surface area contributed by atoms with Crippen LogP contribution in [0, 0.1) is 0 Å². The summed E-state index contributed by atoms with van der Waals surface area (Å²) >= 11 is 0. The zero-order valence-corrected chi connectivity index (χ0v) is 8.98. The maximum absolute atomic E-state index is 9.40. The first-order valence-electron chi connectivity index (χ1n) is 5.08. The fourth-order valence-electron chi connectivity index (χ4n) is 2.04. The van der Waals surface area contributed by atoms with E-state index in [2.05, 4.69) is 31.4 Å². The highest BCUT2D eigenvalue weighted by Crippen LogP contribution is 2.19. The van der Waals surface area contributed by atoms with Crippen LogP contribution in [0.3, 0.4) is 0 Å². The lowest BCUT2D eigenvalue weighted by atomic mass is 9.88. The molecule has 1 aliphatic heterocycles. The van der Waals surface area contributed by atoms with Crippen LogP contribution in [0.15, 0.2) is 0 Å². The Balaban J connectivity index is 2.57. The number of hydrogen-bond acceptors (Lipinski definition) is 3. The SMILES string of the molecule is CC(C)(C)NC1(CO)CCCNC1. The lowest BCUT2D eigenvalue weighted by Gasteiger charge is -2.42. The molecule has 1 atom stereocenters. The minimum Gasteiger partial charge on any atom is -0.394 e. The molecule has 1 unspecified atom stereocenters. The van der Waals surface area contributed by atoms with Gasteiger partial charge in [-0.25, -0.2) is 0 Å². The molecule has 0 aromatic carbocycles. The Kier molecular flexibility index (Phi) is 3.33. The normalized spacial score (nSPS) is 30.5. The molecule has 3 N–H and O–H groups in total. The van der Waals surface area contributed by atoms with Crippen LogP contribution in [0.4, 0.5) is 0 Å². The van der Waals surface area contributed by atoms with E-state index in [1.165, 1.54) is 0 Å². The van der Waals surface area contributed by atoms with Crippen molar-refractivity contribution in [1.29, 1.82) is 0 Å². The Morgan fingerprint density at radius 1 is 1.46 bits per heavy atom. The third kappa shape index (κ3) is 3.25. The Hall–Kier alpha value is -0.120. The molecule has 13 heavy (non-hydrogen) atoms. The van der Waals surface area contributed by atoms with E-state index in [4.69, 9.17) is 0 Å². The highest BCUT2D eigenvalue weighted by atomic mass is 16.3. The van der Waals surface area contributed by atoms with Crippen LogP contribution in [-0.2, 0) is 0 Å². The molecule has 3 heteroatoms. The summed E-state index contributed by atoms with van der Waals surface area (Å²) in [6.45, 7) is 8.59. The summed E-state index contributed by atoms with van der Waals surface area (Å²) in [4.78, 5) is 0. The van der Waals surface area contributed by atoms with Crippen molar-refractivity contribution in [3.05, 3.63) is 0 Å². The first-order chi connectivity index (χ1) is 5.97. The maximum atomic E-state index is 9.40. The summed E-state index contributed by atoms with van der Waals surface area (Å²) in [5.74, 6) is 0. The van der Waals surface area contributed by atoms with Crippen LogP contribution in [-0.4, -0.2) is 35.9 Å². The summed E-state index contributed by atoms with van der Waals surface area (Å²) in [5.41, 5.74) is -0.0295. The van der Waals surface area contributed by atoms with Crippen molar-refractivity contribution in [3.8, 4) is 0 Å². The van der Waals surface area contributed by atoms with Crippen molar-refractivity contribution >= 4 is 0 Å². The molecule has 0 amide bonds. The molecule has 0 spiro atoms. The van der Waals surface area contributed by atoms with Gasteiger partial charge < -0.3 is 15.7 Å². The van der Waals surface area contributed by atoms with Crippen molar-refractivity contribution in [2.45, 2.75) is 44.7 Å². The zero-order valence-electron chi connectivity index (χ0n) is 8.98. The number of hydrogen-bond donors (Lipinski definition) is 3. The average Bonchev–Trinajstić information content (AvgIpc) is 2.03. The second-order valence-electron chi connectivity index (χ2n) is 5.09. The van der Waals surface area contributed by atoms with E-state index in [1.54, 1.807) is 0 Å². The second-order valence-corrected chi connectivity index (χ2v) is 5.09. The Bertz CT molecular complexity index is 157. The monoisotopic (exact) mass is 186 g/mol. The summed E-state index contributed by atoms with van der Waals surface area (Å²) in [6.07, 6.45) is 2.21. The van der Waals surface area contributed by atoms with E-state index in [9.17, 15) is 5.11 Å². The minimum absolute atomic E-state index is 0.0712. The molecular weight excluding hydrogens is 164 g/mol. The number of nitrogens with one attached hydrogen (secondary N) is 2. The van der Waals surface area contributed by atoms with Crippen molar-refractivity contribution in [2.75, 3.05) is 19.7 Å². The van der Waals surface area contributed by atoms with E-state index >= 15 is 0 Å². The van der Waals surface area contributed by atoms with E-state index in [-0.39, 0.29) is 17.7 Å². The van der Waals surface area contributed by atoms with Crippen molar-refractivity contribution in [1.82, 2.24) is 10.6 Å². The van der Waals surface area contributed by atoms with Gasteiger partial charge >= 0.3 is 0 Å². The van der Waals surface area contributed by atoms with E-state index < -0.39 is 0 Å². The average molecular weight is 186 g/mol. The predicted octanol–water partition coefficient (Wildman–Crippen LogP) is 0.489. The van der Waals surface area contributed by atoms with Crippen LogP contribution in [0.1, 0.15) is 33.6 Å². The van der Waals surface area contributed by atoms with Gasteiger partial charge in [-0.2, -0.15) is 0 Å². The van der Waals surface area contributed by atoms with E-state index in [0.717, 1.165) is 25.9 Å². The van der Waals surface area contributed by atoms with Gasteiger partial charge in [-0.05, 0) is 40.2 Å². The number of piperidine rings is 1. The molecule has 1 rings (SSSR count). The number of aliphatic hydroxyl groups is 1. The summed E-state index contributed by atoms with van der Waals surface area (Å²) < 4.78 is 0. The largest absolute Gasteiger partial charge is 0.394 e. The van der Waals surface area contributed by atoms with Gasteiger partial charge in [-0.3, -0.25) is 0 Å². The summed E-state index contributed by atoms with van der Waals surface area (Å²) in [5, 5.41) is 16.2. The molecule has 3 nitrogen and oxygen atoms in total. The Morgan fingerprint density at radius 3 is 2.54 bits per heavy atom. The van der Waals surface area contributed by atoms with Crippen molar-refractivity contribution < 1.29 is 5.11 Å². The lowest BCUT2D eigenvalue weighted by Crippen LogP contribution is -2.63. The van der Waals surface area contributed by atoms with Gasteiger partial charge in [0.25, 0.3) is 0 Å². The van der Waals surface area contributed by atoms with Crippen LogP contribution in [0.2, 0.25) is 0 Å². The summed E-state index contributed by atoms with van der Waals surface area (Å²) in [6, 6.07) is 0. The van der Waals surface area contributed by atoms with Gasteiger partial charge in [0.15, 0.2) is 0 Å². The van der Waals surface area contributed by atoms with Gasteiger partial charge in [0.05, 0.1) is 12.1 Å². The predicted molar refractivity (Wildman–Crippen MR) is 54.8 cm³/mol. The number of rotatable bonds is 2. The molecule has 0 aliphatic carbocycles. The van der Waals surface area contributed by atoms with Crippen LogP contribution in [0.25, 0.3) is 0 Å². The first-order valence-corrected chi connectivity index (χ1v) is 5.08. The molecule has 78 valence electrons. The molecule has 1 heterocycles. The molecule has 1 aliphatic rings. The van der Waals surface area contributed by atoms with Gasteiger partial charge in [-0.1, -0.05) is 0 Å².